The van der Waals surface area contributed by atoms with Crippen molar-refractivity contribution in [1.29, 1.82) is 0 Å². The van der Waals surface area contributed by atoms with Crippen LogP contribution in [0.4, 0.5) is 0 Å². The van der Waals surface area contributed by atoms with Gasteiger partial charge < -0.3 is 15.2 Å². The molecule has 0 spiro atoms. The lowest BCUT2D eigenvalue weighted by Gasteiger charge is -2.24. The van der Waals surface area contributed by atoms with E-state index in [9.17, 15) is 9.90 Å². The lowest BCUT2D eigenvalue weighted by atomic mass is 10.0. The average Bonchev–Trinajstić information content (AvgIpc) is 3.18. The van der Waals surface area contributed by atoms with E-state index in [2.05, 4.69) is 15.6 Å². The Bertz CT molecular complexity index is 516. The van der Waals surface area contributed by atoms with Crippen LogP contribution in [0.5, 0.6) is 0 Å². The van der Waals surface area contributed by atoms with Gasteiger partial charge in [0, 0.05) is 0 Å². The van der Waals surface area contributed by atoms with Gasteiger partial charge in [-0.1, -0.05) is 18.1 Å². The van der Waals surface area contributed by atoms with E-state index < -0.39 is 11.6 Å². The molecule has 7 nitrogen and oxygen atoms in total. The minimum absolute atomic E-state index is 0.0547. The second-order valence-electron chi connectivity index (χ2n) is 6.05. The molecule has 116 valence electrons. The predicted molar refractivity (Wildman–Crippen MR) is 74.8 cm³/mol. The first-order valence-corrected chi connectivity index (χ1v) is 7.60. The number of rotatable bonds is 4. The molecule has 1 saturated carbocycles. The van der Waals surface area contributed by atoms with Crippen LogP contribution in [0.2, 0.25) is 0 Å². The van der Waals surface area contributed by atoms with Crippen LogP contribution in [-0.2, 0) is 11.3 Å². The fraction of sp³-hybridized carbons (Fsp3) is 0.786. The van der Waals surface area contributed by atoms with Crippen molar-refractivity contribution in [2.75, 3.05) is 13.7 Å². The molecule has 3 rings (SSSR count). The Morgan fingerprint density at radius 3 is 2.86 bits per heavy atom. The SMILES string of the molecule is COC(=O)c1nnn(CC2(O)CCCC2)c1C1CCCN1. The van der Waals surface area contributed by atoms with Gasteiger partial charge in [-0.3, -0.25) is 0 Å². The molecular weight excluding hydrogens is 272 g/mol. The van der Waals surface area contributed by atoms with Gasteiger partial charge in [-0.15, -0.1) is 5.10 Å². The molecule has 1 atom stereocenters. The van der Waals surface area contributed by atoms with Crippen molar-refractivity contribution in [3.8, 4) is 0 Å². The van der Waals surface area contributed by atoms with E-state index in [1.54, 1.807) is 4.68 Å². The van der Waals surface area contributed by atoms with Crippen molar-refractivity contribution in [3.63, 3.8) is 0 Å². The first kappa shape index (κ1) is 14.5. The van der Waals surface area contributed by atoms with E-state index in [4.69, 9.17) is 4.74 Å². The van der Waals surface area contributed by atoms with Gasteiger partial charge in [-0.25, -0.2) is 9.48 Å². The number of nitrogens with zero attached hydrogens (tertiary/aromatic N) is 3. The molecule has 0 radical (unpaired) electrons. The molecule has 2 heterocycles. The molecule has 2 N–H and O–H groups in total. The number of hydrogen-bond donors (Lipinski definition) is 2. The third-order valence-corrected chi connectivity index (χ3v) is 4.52. The van der Waals surface area contributed by atoms with Gasteiger partial charge in [0.05, 0.1) is 31.0 Å². The highest BCUT2D eigenvalue weighted by atomic mass is 16.5. The second-order valence-corrected chi connectivity index (χ2v) is 6.05. The molecule has 2 aliphatic rings. The Morgan fingerprint density at radius 1 is 1.48 bits per heavy atom. The number of nitrogens with one attached hydrogen (secondary N) is 1. The van der Waals surface area contributed by atoms with Crippen LogP contribution in [0.1, 0.15) is 60.7 Å². The molecule has 21 heavy (non-hydrogen) atoms. The average molecular weight is 294 g/mol. The van der Waals surface area contributed by atoms with E-state index in [0.717, 1.165) is 50.8 Å². The molecule has 7 heteroatoms. The van der Waals surface area contributed by atoms with Gasteiger partial charge >= 0.3 is 5.97 Å². The van der Waals surface area contributed by atoms with Crippen LogP contribution >= 0.6 is 0 Å². The monoisotopic (exact) mass is 294 g/mol. The Kier molecular flexibility index (Phi) is 3.95. The van der Waals surface area contributed by atoms with Gasteiger partial charge in [0.25, 0.3) is 0 Å². The summed E-state index contributed by atoms with van der Waals surface area (Å²) in [6.07, 6.45) is 5.62. The standard InChI is InChI=1S/C14H22N4O3/c1-21-13(19)11-12(10-5-4-8-15-10)18(17-16-11)9-14(20)6-2-3-7-14/h10,15,20H,2-9H2,1H3. The van der Waals surface area contributed by atoms with Crippen molar-refractivity contribution >= 4 is 5.97 Å². The lowest BCUT2D eigenvalue weighted by molar-refractivity contribution is 0.0247. The quantitative estimate of drug-likeness (QED) is 0.798. The fourth-order valence-electron chi connectivity index (χ4n) is 3.41. The summed E-state index contributed by atoms with van der Waals surface area (Å²) in [4.78, 5) is 11.9. The number of ether oxygens (including phenoxy) is 1. The van der Waals surface area contributed by atoms with E-state index >= 15 is 0 Å². The largest absolute Gasteiger partial charge is 0.464 e. The molecule has 1 unspecified atom stereocenters. The summed E-state index contributed by atoms with van der Waals surface area (Å²) in [6, 6.07) is 0.0547. The van der Waals surface area contributed by atoms with E-state index in [0.29, 0.717) is 6.54 Å². The zero-order valence-electron chi connectivity index (χ0n) is 12.3. The van der Waals surface area contributed by atoms with Crippen LogP contribution in [-0.4, -0.2) is 45.3 Å². The van der Waals surface area contributed by atoms with Crippen molar-refractivity contribution in [2.24, 2.45) is 0 Å². The molecule has 0 bridgehead atoms. The van der Waals surface area contributed by atoms with E-state index in [1.807, 2.05) is 0 Å². The Balaban J connectivity index is 1.91. The number of carbonyl (C=O) groups is 1. The molecular formula is C14H22N4O3. The molecule has 0 aromatic carbocycles. The molecule has 1 aliphatic heterocycles. The van der Waals surface area contributed by atoms with Crippen LogP contribution in [0.25, 0.3) is 0 Å². The highest BCUT2D eigenvalue weighted by molar-refractivity contribution is 5.88. The Labute approximate surface area is 123 Å². The Hall–Kier alpha value is -1.47. The summed E-state index contributed by atoms with van der Waals surface area (Å²) in [7, 11) is 1.34. The summed E-state index contributed by atoms with van der Waals surface area (Å²) in [5, 5.41) is 22.1. The zero-order chi connectivity index (χ0) is 14.9. The highest BCUT2D eigenvalue weighted by Gasteiger charge is 2.36. The van der Waals surface area contributed by atoms with Crippen molar-refractivity contribution in [1.82, 2.24) is 20.3 Å². The predicted octanol–water partition coefficient (Wildman–Crippen LogP) is 0.794. The third kappa shape index (κ3) is 2.80. The van der Waals surface area contributed by atoms with Crippen LogP contribution in [0, 0.1) is 0 Å². The Morgan fingerprint density at radius 2 is 2.24 bits per heavy atom. The highest BCUT2D eigenvalue weighted by Crippen LogP contribution is 2.33. The minimum Gasteiger partial charge on any atom is -0.464 e. The zero-order valence-corrected chi connectivity index (χ0v) is 12.3. The van der Waals surface area contributed by atoms with E-state index in [-0.39, 0.29) is 11.7 Å². The number of carbonyl (C=O) groups excluding carboxylic acids is 1. The topological polar surface area (TPSA) is 89.3 Å². The van der Waals surface area contributed by atoms with E-state index in [1.165, 1.54) is 7.11 Å². The lowest BCUT2D eigenvalue weighted by Crippen LogP contribution is -2.33. The number of esters is 1. The van der Waals surface area contributed by atoms with Gasteiger partial charge in [-0.05, 0) is 32.2 Å². The maximum Gasteiger partial charge on any atom is 0.360 e. The second kappa shape index (κ2) is 5.73. The normalized spacial score (nSPS) is 24.4. The maximum absolute atomic E-state index is 11.9. The minimum atomic E-state index is -0.728. The van der Waals surface area contributed by atoms with Crippen molar-refractivity contribution in [2.45, 2.75) is 56.7 Å². The molecule has 1 aromatic heterocycles. The van der Waals surface area contributed by atoms with Crippen molar-refractivity contribution < 1.29 is 14.6 Å². The number of aromatic nitrogens is 3. The van der Waals surface area contributed by atoms with Crippen LogP contribution < -0.4 is 5.32 Å². The van der Waals surface area contributed by atoms with Crippen LogP contribution in [0.3, 0.4) is 0 Å². The van der Waals surface area contributed by atoms with Gasteiger partial charge in [-0.2, -0.15) is 0 Å². The number of methoxy groups -OCH3 is 1. The summed E-state index contributed by atoms with van der Waals surface area (Å²) in [5.74, 6) is -0.469. The van der Waals surface area contributed by atoms with Gasteiger partial charge in [0.2, 0.25) is 0 Å². The van der Waals surface area contributed by atoms with Crippen LogP contribution in [0.15, 0.2) is 0 Å². The first-order valence-electron chi connectivity index (χ1n) is 7.60. The van der Waals surface area contributed by atoms with Gasteiger partial charge in [0.1, 0.15) is 0 Å². The summed E-state index contributed by atoms with van der Waals surface area (Å²) < 4.78 is 6.49. The third-order valence-electron chi connectivity index (χ3n) is 4.52. The summed E-state index contributed by atoms with van der Waals surface area (Å²) in [5.41, 5.74) is 0.284. The molecule has 1 saturated heterocycles. The molecule has 1 aromatic rings. The summed E-state index contributed by atoms with van der Waals surface area (Å²) >= 11 is 0. The fourth-order valence-corrected chi connectivity index (χ4v) is 3.41. The van der Waals surface area contributed by atoms with Gasteiger partial charge in [0.15, 0.2) is 5.69 Å². The molecule has 1 aliphatic carbocycles. The molecule has 2 fully saturated rings. The molecule has 0 amide bonds. The number of aliphatic hydroxyl groups is 1. The first-order chi connectivity index (χ1) is 10.1. The maximum atomic E-state index is 11.9. The number of hydrogen-bond acceptors (Lipinski definition) is 6. The van der Waals surface area contributed by atoms with Crippen molar-refractivity contribution in [3.05, 3.63) is 11.4 Å². The smallest absolute Gasteiger partial charge is 0.360 e. The summed E-state index contributed by atoms with van der Waals surface area (Å²) in [6.45, 7) is 1.31.